The van der Waals surface area contributed by atoms with Crippen LogP contribution >= 0.6 is 0 Å². The highest BCUT2D eigenvalue weighted by molar-refractivity contribution is 5.20. The van der Waals surface area contributed by atoms with Crippen molar-refractivity contribution in [1.82, 2.24) is 4.90 Å². The summed E-state index contributed by atoms with van der Waals surface area (Å²) in [5, 5.41) is 0. The largest absolute Gasteiger partial charge is 0.468 e. The van der Waals surface area contributed by atoms with E-state index in [9.17, 15) is 0 Å². The molecule has 0 fully saturated rings. The average Bonchev–Trinajstić information content (AvgIpc) is 2.89. The Labute approximate surface area is 101 Å². The van der Waals surface area contributed by atoms with E-state index >= 15 is 0 Å². The van der Waals surface area contributed by atoms with Gasteiger partial charge in [-0.3, -0.25) is 4.90 Å². The highest BCUT2D eigenvalue weighted by Crippen LogP contribution is 2.17. The van der Waals surface area contributed by atoms with Crippen molar-refractivity contribution >= 4 is 0 Å². The second-order valence-electron chi connectivity index (χ2n) is 4.25. The van der Waals surface area contributed by atoms with E-state index in [1.54, 1.807) is 6.26 Å². The molecule has 0 aliphatic carbocycles. The predicted molar refractivity (Wildman–Crippen MR) is 65.2 cm³/mol. The summed E-state index contributed by atoms with van der Waals surface area (Å²) in [5.41, 5.74) is 6.73. The summed E-state index contributed by atoms with van der Waals surface area (Å²) in [6.07, 6.45) is 1.69. The van der Waals surface area contributed by atoms with Crippen LogP contribution in [-0.2, 0) is 19.6 Å². The summed E-state index contributed by atoms with van der Waals surface area (Å²) in [5.74, 6) is 2.74. The van der Waals surface area contributed by atoms with E-state index < -0.39 is 0 Å². The second kappa shape index (κ2) is 5.21. The maximum Gasteiger partial charge on any atom is 0.118 e. The van der Waals surface area contributed by atoms with Gasteiger partial charge in [0.2, 0.25) is 0 Å². The molecule has 4 nitrogen and oxygen atoms in total. The van der Waals surface area contributed by atoms with Crippen LogP contribution in [-0.4, -0.2) is 11.9 Å². The van der Waals surface area contributed by atoms with Gasteiger partial charge in [0.15, 0.2) is 0 Å². The van der Waals surface area contributed by atoms with Crippen LogP contribution < -0.4 is 5.73 Å². The topological polar surface area (TPSA) is 55.5 Å². The Morgan fingerprint density at radius 2 is 2.12 bits per heavy atom. The van der Waals surface area contributed by atoms with E-state index in [1.807, 2.05) is 25.1 Å². The molecule has 0 radical (unpaired) electrons. The summed E-state index contributed by atoms with van der Waals surface area (Å²) in [4.78, 5) is 2.18. The molecule has 0 aromatic carbocycles. The standard InChI is InChI=1S/C13H18N2O2/c1-10-11(6-13(7-14)17-10)8-15(2)9-12-4-3-5-16-12/h3-6H,7-9,14H2,1-2H3. The van der Waals surface area contributed by atoms with Gasteiger partial charge in [-0.1, -0.05) is 0 Å². The Morgan fingerprint density at radius 3 is 2.71 bits per heavy atom. The third-order valence-corrected chi connectivity index (χ3v) is 2.72. The maximum absolute atomic E-state index is 5.55. The molecule has 0 saturated carbocycles. The lowest BCUT2D eigenvalue weighted by molar-refractivity contribution is 0.286. The molecular weight excluding hydrogens is 216 g/mol. The number of nitrogens with two attached hydrogens (primary N) is 1. The lowest BCUT2D eigenvalue weighted by Gasteiger charge is -2.14. The fraction of sp³-hybridized carbons (Fsp3) is 0.385. The number of furan rings is 2. The van der Waals surface area contributed by atoms with Gasteiger partial charge in [0, 0.05) is 12.1 Å². The summed E-state index contributed by atoms with van der Waals surface area (Å²) >= 11 is 0. The predicted octanol–water partition coefficient (Wildman–Crippen LogP) is 2.27. The number of aryl methyl sites for hydroxylation is 1. The minimum atomic E-state index is 0.447. The normalized spacial score (nSPS) is 11.3. The van der Waals surface area contributed by atoms with Crippen LogP contribution in [0.1, 0.15) is 22.8 Å². The highest BCUT2D eigenvalue weighted by atomic mass is 16.3. The van der Waals surface area contributed by atoms with Gasteiger partial charge in [-0.25, -0.2) is 0 Å². The Balaban J connectivity index is 1.97. The van der Waals surface area contributed by atoms with Crippen molar-refractivity contribution in [3.05, 3.63) is 47.3 Å². The molecule has 0 spiro atoms. The molecule has 2 rings (SSSR count). The number of hydrogen-bond donors (Lipinski definition) is 1. The molecule has 0 saturated heterocycles. The molecule has 0 aliphatic heterocycles. The maximum atomic E-state index is 5.55. The third kappa shape index (κ3) is 2.99. The minimum absolute atomic E-state index is 0.447. The van der Waals surface area contributed by atoms with Crippen LogP contribution in [0, 0.1) is 6.92 Å². The highest BCUT2D eigenvalue weighted by Gasteiger charge is 2.10. The molecule has 2 N–H and O–H groups in total. The van der Waals surface area contributed by atoms with Crippen LogP contribution in [0.5, 0.6) is 0 Å². The molecule has 0 aliphatic rings. The van der Waals surface area contributed by atoms with E-state index in [4.69, 9.17) is 14.6 Å². The molecule has 0 bridgehead atoms. The van der Waals surface area contributed by atoms with E-state index in [1.165, 1.54) is 5.56 Å². The van der Waals surface area contributed by atoms with Crippen LogP contribution in [0.15, 0.2) is 33.3 Å². The summed E-state index contributed by atoms with van der Waals surface area (Å²) in [7, 11) is 2.05. The number of nitrogens with zero attached hydrogens (tertiary/aromatic N) is 1. The molecule has 17 heavy (non-hydrogen) atoms. The van der Waals surface area contributed by atoms with Gasteiger partial charge < -0.3 is 14.6 Å². The summed E-state index contributed by atoms with van der Waals surface area (Å²) in [6.45, 7) is 4.03. The van der Waals surface area contributed by atoms with Gasteiger partial charge >= 0.3 is 0 Å². The molecule has 2 aromatic heterocycles. The molecule has 4 heteroatoms. The molecule has 0 unspecified atom stereocenters. The van der Waals surface area contributed by atoms with E-state index in [0.29, 0.717) is 6.54 Å². The first-order valence-corrected chi connectivity index (χ1v) is 5.68. The third-order valence-electron chi connectivity index (χ3n) is 2.72. The van der Waals surface area contributed by atoms with Crippen molar-refractivity contribution in [3.8, 4) is 0 Å². The lowest BCUT2D eigenvalue weighted by Crippen LogP contribution is -2.16. The molecule has 92 valence electrons. The molecule has 0 amide bonds. The first-order chi connectivity index (χ1) is 8.19. The van der Waals surface area contributed by atoms with Crippen molar-refractivity contribution in [2.45, 2.75) is 26.6 Å². The molecule has 2 heterocycles. The van der Waals surface area contributed by atoms with Crippen LogP contribution in [0.3, 0.4) is 0 Å². The Hall–Kier alpha value is -1.52. The SMILES string of the molecule is Cc1oc(CN)cc1CN(C)Cc1ccco1. The number of hydrogen-bond acceptors (Lipinski definition) is 4. The van der Waals surface area contributed by atoms with Crippen molar-refractivity contribution in [2.75, 3.05) is 7.05 Å². The Morgan fingerprint density at radius 1 is 1.29 bits per heavy atom. The summed E-state index contributed by atoms with van der Waals surface area (Å²) < 4.78 is 10.8. The zero-order chi connectivity index (χ0) is 12.3. The average molecular weight is 234 g/mol. The molecular formula is C13H18N2O2. The Kier molecular flexibility index (Phi) is 3.66. The zero-order valence-electron chi connectivity index (χ0n) is 10.3. The van der Waals surface area contributed by atoms with Gasteiger partial charge in [-0.05, 0) is 32.2 Å². The van der Waals surface area contributed by atoms with E-state index in [0.717, 1.165) is 30.4 Å². The smallest absolute Gasteiger partial charge is 0.118 e. The molecule has 0 atom stereocenters. The van der Waals surface area contributed by atoms with Gasteiger partial charge in [0.25, 0.3) is 0 Å². The fourth-order valence-corrected chi connectivity index (χ4v) is 1.86. The minimum Gasteiger partial charge on any atom is -0.468 e. The monoisotopic (exact) mass is 234 g/mol. The fourth-order valence-electron chi connectivity index (χ4n) is 1.86. The quantitative estimate of drug-likeness (QED) is 0.862. The van der Waals surface area contributed by atoms with Crippen molar-refractivity contribution in [2.24, 2.45) is 5.73 Å². The first kappa shape index (κ1) is 12.0. The first-order valence-electron chi connectivity index (χ1n) is 5.68. The summed E-state index contributed by atoms with van der Waals surface area (Å²) in [6, 6.07) is 5.90. The van der Waals surface area contributed by atoms with Gasteiger partial charge in [-0.2, -0.15) is 0 Å². The van der Waals surface area contributed by atoms with Gasteiger partial charge in [0.1, 0.15) is 17.3 Å². The van der Waals surface area contributed by atoms with E-state index in [-0.39, 0.29) is 0 Å². The molecule has 2 aromatic rings. The Bertz CT molecular complexity index is 460. The van der Waals surface area contributed by atoms with Crippen LogP contribution in [0.4, 0.5) is 0 Å². The zero-order valence-corrected chi connectivity index (χ0v) is 10.3. The number of rotatable bonds is 5. The second-order valence-corrected chi connectivity index (χ2v) is 4.25. The van der Waals surface area contributed by atoms with Crippen molar-refractivity contribution in [1.29, 1.82) is 0 Å². The lowest BCUT2D eigenvalue weighted by atomic mass is 10.2. The van der Waals surface area contributed by atoms with Crippen molar-refractivity contribution in [3.63, 3.8) is 0 Å². The van der Waals surface area contributed by atoms with Gasteiger partial charge in [0.05, 0.1) is 19.4 Å². The van der Waals surface area contributed by atoms with Crippen molar-refractivity contribution < 1.29 is 8.83 Å². The van der Waals surface area contributed by atoms with Crippen LogP contribution in [0.2, 0.25) is 0 Å². The van der Waals surface area contributed by atoms with Crippen LogP contribution in [0.25, 0.3) is 0 Å². The van der Waals surface area contributed by atoms with Gasteiger partial charge in [-0.15, -0.1) is 0 Å². The van der Waals surface area contributed by atoms with E-state index in [2.05, 4.69) is 11.9 Å².